The van der Waals surface area contributed by atoms with Crippen LogP contribution in [0, 0.1) is 6.92 Å². The van der Waals surface area contributed by atoms with Crippen molar-refractivity contribution in [2.45, 2.75) is 13.5 Å². The number of aryl methyl sites for hydroxylation is 1. The molecule has 1 amide bonds. The number of nitrogens with one attached hydrogen (secondary N) is 1. The van der Waals surface area contributed by atoms with E-state index in [1.165, 1.54) is 4.68 Å². The summed E-state index contributed by atoms with van der Waals surface area (Å²) in [7, 11) is 1.56. The highest BCUT2D eigenvalue weighted by atomic mass is 16.5. The molecule has 30 heavy (non-hydrogen) atoms. The lowest BCUT2D eigenvalue weighted by atomic mass is 10.2. The molecule has 2 heterocycles. The molecule has 2 aromatic carbocycles. The zero-order chi connectivity index (χ0) is 21.1. The van der Waals surface area contributed by atoms with Crippen LogP contribution in [-0.4, -0.2) is 33.0 Å². The summed E-state index contributed by atoms with van der Waals surface area (Å²) in [4.78, 5) is 17.1. The molecule has 0 bridgehead atoms. The van der Waals surface area contributed by atoms with Gasteiger partial charge in [-0.3, -0.25) is 4.79 Å². The van der Waals surface area contributed by atoms with Gasteiger partial charge in [0.05, 0.1) is 13.7 Å². The first-order valence-corrected chi connectivity index (χ1v) is 9.21. The Hall–Kier alpha value is -4.14. The molecule has 9 nitrogen and oxygen atoms in total. The van der Waals surface area contributed by atoms with Crippen LogP contribution in [0.5, 0.6) is 5.75 Å². The van der Waals surface area contributed by atoms with Crippen molar-refractivity contribution in [2.24, 2.45) is 0 Å². The second-order valence-electron chi connectivity index (χ2n) is 6.55. The SMILES string of the molecule is COc1cccc(NC(=O)c2nnn(Cc3nc(-c4ccccc4)oc3C)c2N)c1. The number of methoxy groups -OCH3 is 1. The predicted octanol–water partition coefficient (Wildman–Crippen LogP) is 3.13. The fourth-order valence-corrected chi connectivity index (χ4v) is 2.91. The van der Waals surface area contributed by atoms with Crippen LogP contribution in [0.3, 0.4) is 0 Å². The Morgan fingerprint density at radius 3 is 2.77 bits per heavy atom. The molecule has 2 aromatic heterocycles. The first-order valence-electron chi connectivity index (χ1n) is 9.21. The van der Waals surface area contributed by atoms with E-state index in [9.17, 15) is 4.79 Å². The van der Waals surface area contributed by atoms with Crippen molar-refractivity contribution < 1.29 is 13.9 Å². The number of rotatable bonds is 6. The topological polar surface area (TPSA) is 121 Å². The molecule has 152 valence electrons. The van der Waals surface area contributed by atoms with Gasteiger partial charge in [-0.2, -0.15) is 0 Å². The van der Waals surface area contributed by atoms with Gasteiger partial charge in [-0.25, -0.2) is 9.67 Å². The van der Waals surface area contributed by atoms with E-state index in [-0.39, 0.29) is 18.1 Å². The fraction of sp³-hybridized carbons (Fsp3) is 0.143. The van der Waals surface area contributed by atoms with E-state index in [1.807, 2.05) is 37.3 Å². The van der Waals surface area contributed by atoms with Crippen LogP contribution in [-0.2, 0) is 6.54 Å². The number of aromatic nitrogens is 4. The lowest BCUT2D eigenvalue weighted by molar-refractivity contribution is 0.102. The number of hydrogen-bond donors (Lipinski definition) is 2. The number of hydrogen-bond acceptors (Lipinski definition) is 7. The Balaban J connectivity index is 1.52. The number of benzene rings is 2. The lowest BCUT2D eigenvalue weighted by Crippen LogP contribution is -2.15. The van der Waals surface area contributed by atoms with E-state index in [1.54, 1.807) is 31.4 Å². The van der Waals surface area contributed by atoms with Gasteiger partial charge in [0.15, 0.2) is 11.5 Å². The zero-order valence-electron chi connectivity index (χ0n) is 16.5. The molecule has 0 aliphatic carbocycles. The maximum Gasteiger partial charge on any atom is 0.280 e. The maximum absolute atomic E-state index is 12.6. The van der Waals surface area contributed by atoms with Crippen LogP contribution in [0.4, 0.5) is 11.5 Å². The van der Waals surface area contributed by atoms with E-state index in [4.69, 9.17) is 14.9 Å². The molecule has 0 aliphatic heterocycles. The molecule has 3 N–H and O–H groups in total. The highest BCUT2D eigenvalue weighted by Crippen LogP contribution is 2.23. The molecule has 0 atom stereocenters. The number of nitrogen functional groups attached to an aromatic ring is 1. The van der Waals surface area contributed by atoms with Gasteiger partial charge in [-0.05, 0) is 31.2 Å². The largest absolute Gasteiger partial charge is 0.497 e. The van der Waals surface area contributed by atoms with Gasteiger partial charge in [0, 0.05) is 17.3 Å². The summed E-state index contributed by atoms with van der Waals surface area (Å²) in [5, 5.41) is 10.7. The third-order valence-electron chi connectivity index (χ3n) is 4.53. The Kier molecular flexibility index (Phi) is 5.17. The van der Waals surface area contributed by atoms with Crippen LogP contribution in [0.15, 0.2) is 59.0 Å². The van der Waals surface area contributed by atoms with Gasteiger partial charge in [0.1, 0.15) is 17.2 Å². The highest BCUT2D eigenvalue weighted by Gasteiger charge is 2.20. The number of ether oxygens (including phenoxy) is 1. The highest BCUT2D eigenvalue weighted by molar-refractivity contribution is 6.05. The number of oxazole rings is 1. The number of amides is 1. The van der Waals surface area contributed by atoms with Crippen LogP contribution in [0.2, 0.25) is 0 Å². The summed E-state index contributed by atoms with van der Waals surface area (Å²) in [5.74, 6) is 1.46. The molecule has 9 heteroatoms. The number of anilines is 2. The maximum atomic E-state index is 12.6. The molecular formula is C21H20N6O3. The van der Waals surface area contributed by atoms with Crippen molar-refractivity contribution in [1.29, 1.82) is 0 Å². The Morgan fingerprint density at radius 2 is 2.00 bits per heavy atom. The minimum absolute atomic E-state index is 0.0299. The minimum Gasteiger partial charge on any atom is -0.497 e. The van der Waals surface area contributed by atoms with Crippen LogP contribution in [0.25, 0.3) is 11.5 Å². The monoisotopic (exact) mass is 404 g/mol. The molecule has 4 rings (SSSR count). The lowest BCUT2D eigenvalue weighted by Gasteiger charge is -2.06. The molecule has 0 aliphatic rings. The summed E-state index contributed by atoms with van der Waals surface area (Å²) in [5.41, 5.74) is 8.25. The van der Waals surface area contributed by atoms with Crippen LogP contribution >= 0.6 is 0 Å². The Bertz CT molecular complexity index is 1180. The fourth-order valence-electron chi connectivity index (χ4n) is 2.91. The molecule has 4 aromatic rings. The second-order valence-corrected chi connectivity index (χ2v) is 6.55. The summed E-state index contributed by atoms with van der Waals surface area (Å²) >= 11 is 0. The van der Waals surface area contributed by atoms with Crippen molar-refractivity contribution in [1.82, 2.24) is 20.0 Å². The average molecular weight is 404 g/mol. The zero-order valence-corrected chi connectivity index (χ0v) is 16.5. The summed E-state index contributed by atoms with van der Waals surface area (Å²) in [6.07, 6.45) is 0. The molecular weight excluding hydrogens is 384 g/mol. The number of nitrogens with two attached hydrogens (primary N) is 1. The van der Waals surface area contributed by atoms with Crippen molar-refractivity contribution in [2.75, 3.05) is 18.2 Å². The molecule has 0 unspecified atom stereocenters. The van der Waals surface area contributed by atoms with E-state index in [0.717, 1.165) is 5.56 Å². The molecule has 0 saturated carbocycles. The van der Waals surface area contributed by atoms with Gasteiger partial charge in [0.2, 0.25) is 5.89 Å². The number of nitrogens with zero attached hydrogens (tertiary/aromatic N) is 4. The summed E-state index contributed by atoms with van der Waals surface area (Å²) in [6.45, 7) is 2.05. The standard InChI is InChI=1S/C21H20N6O3/c1-13-17(24-21(30-13)14-7-4-3-5-8-14)12-27-19(22)18(25-26-27)20(28)23-15-9-6-10-16(11-15)29-2/h3-11H,12,22H2,1-2H3,(H,23,28). The number of carbonyl (C=O) groups is 1. The average Bonchev–Trinajstić information content (AvgIpc) is 3.32. The van der Waals surface area contributed by atoms with Crippen LogP contribution in [0.1, 0.15) is 21.9 Å². The predicted molar refractivity (Wildman–Crippen MR) is 111 cm³/mol. The van der Waals surface area contributed by atoms with E-state index in [2.05, 4.69) is 20.6 Å². The van der Waals surface area contributed by atoms with Crippen molar-refractivity contribution in [3.8, 4) is 17.2 Å². The van der Waals surface area contributed by atoms with Crippen molar-refractivity contribution in [3.63, 3.8) is 0 Å². The first-order chi connectivity index (χ1) is 14.5. The van der Waals surface area contributed by atoms with Gasteiger partial charge in [0.25, 0.3) is 5.91 Å². The van der Waals surface area contributed by atoms with E-state index < -0.39 is 5.91 Å². The number of carbonyl (C=O) groups excluding carboxylic acids is 1. The minimum atomic E-state index is -0.464. The van der Waals surface area contributed by atoms with Gasteiger partial charge >= 0.3 is 0 Å². The summed E-state index contributed by atoms with van der Waals surface area (Å²) < 4.78 is 12.3. The first kappa shape index (κ1) is 19.2. The molecule has 0 fully saturated rings. The van der Waals surface area contributed by atoms with Crippen LogP contribution < -0.4 is 15.8 Å². The van der Waals surface area contributed by atoms with Gasteiger partial charge < -0.3 is 20.2 Å². The summed E-state index contributed by atoms with van der Waals surface area (Å²) in [6, 6.07) is 16.6. The molecule has 0 radical (unpaired) electrons. The van der Waals surface area contributed by atoms with E-state index >= 15 is 0 Å². The Morgan fingerprint density at radius 1 is 1.20 bits per heavy atom. The Labute approximate surface area is 172 Å². The smallest absolute Gasteiger partial charge is 0.280 e. The van der Waals surface area contributed by atoms with E-state index in [0.29, 0.717) is 28.8 Å². The second kappa shape index (κ2) is 8.08. The normalized spacial score (nSPS) is 10.7. The molecule has 0 spiro atoms. The van der Waals surface area contributed by atoms with Crippen molar-refractivity contribution >= 4 is 17.4 Å². The quantitative estimate of drug-likeness (QED) is 0.506. The van der Waals surface area contributed by atoms with Gasteiger partial charge in [-0.15, -0.1) is 5.10 Å². The van der Waals surface area contributed by atoms with Crippen molar-refractivity contribution in [3.05, 3.63) is 71.7 Å². The third-order valence-corrected chi connectivity index (χ3v) is 4.53. The van der Waals surface area contributed by atoms with Gasteiger partial charge in [-0.1, -0.05) is 29.5 Å². The third kappa shape index (κ3) is 3.86. The molecule has 0 saturated heterocycles.